The van der Waals surface area contributed by atoms with E-state index >= 15 is 0 Å². The molecule has 2 aromatic carbocycles. The minimum absolute atomic E-state index is 0.0975. The van der Waals surface area contributed by atoms with E-state index in [0.717, 1.165) is 16.5 Å². The Morgan fingerprint density at radius 1 is 1.00 bits per heavy atom. The van der Waals surface area contributed by atoms with E-state index in [4.69, 9.17) is 13.9 Å². The van der Waals surface area contributed by atoms with Crippen molar-refractivity contribution in [3.63, 3.8) is 0 Å². The van der Waals surface area contributed by atoms with Crippen LogP contribution in [0.3, 0.4) is 0 Å². The van der Waals surface area contributed by atoms with Crippen molar-refractivity contribution >= 4 is 16.7 Å². The number of carbonyl (C=O) groups excluding carboxylic acids is 1. The molecule has 1 saturated heterocycles. The molecular formula is C20H19NO4. The molecule has 0 N–H and O–H groups in total. The molecular weight excluding hydrogens is 318 g/mol. The van der Waals surface area contributed by atoms with E-state index in [2.05, 4.69) is 0 Å². The number of nitrogens with zero attached hydrogens (tertiary/aromatic N) is 1. The lowest BCUT2D eigenvalue weighted by atomic mass is 10.1. The first-order chi connectivity index (χ1) is 12.3. The Bertz CT molecular complexity index is 875. The van der Waals surface area contributed by atoms with E-state index in [1.807, 2.05) is 42.5 Å². The summed E-state index contributed by atoms with van der Waals surface area (Å²) in [7, 11) is 0. The molecule has 0 spiro atoms. The van der Waals surface area contributed by atoms with E-state index in [-0.39, 0.29) is 12.5 Å². The molecule has 1 aromatic heterocycles. The number of rotatable bonds is 4. The third-order valence-electron chi connectivity index (χ3n) is 4.29. The van der Waals surface area contributed by atoms with Crippen LogP contribution < -0.4 is 4.74 Å². The number of morpholine rings is 1. The van der Waals surface area contributed by atoms with E-state index < -0.39 is 0 Å². The van der Waals surface area contributed by atoms with E-state index in [0.29, 0.717) is 37.8 Å². The fraction of sp³-hybridized carbons (Fsp3) is 0.250. The predicted octanol–water partition coefficient (Wildman–Crippen LogP) is 3.48. The van der Waals surface area contributed by atoms with Gasteiger partial charge in [-0.15, -0.1) is 0 Å². The molecule has 0 atom stereocenters. The number of benzene rings is 2. The Morgan fingerprint density at radius 3 is 2.68 bits per heavy atom. The zero-order valence-electron chi connectivity index (χ0n) is 13.8. The minimum atomic E-state index is -0.0975. The van der Waals surface area contributed by atoms with Crippen LogP contribution in [0.2, 0.25) is 0 Å². The van der Waals surface area contributed by atoms with Gasteiger partial charge in [-0.05, 0) is 23.6 Å². The summed E-state index contributed by atoms with van der Waals surface area (Å²) in [5.74, 6) is 1.68. The topological polar surface area (TPSA) is 51.9 Å². The summed E-state index contributed by atoms with van der Waals surface area (Å²) in [6.45, 7) is 2.63. The maximum absolute atomic E-state index is 12.4. The molecule has 128 valence electrons. The third kappa shape index (κ3) is 3.37. The molecule has 0 radical (unpaired) electrons. The summed E-state index contributed by atoms with van der Waals surface area (Å²) >= 11 is 0. The first kappa shape index (κ1) is 15.7. The smallest absolute Gasteiger partial charge is 0.289 e. The lowest BCUT2D eigenvalue weighted by Crippen LogP contribution is -2.40. The van der Waals surface area contributed by atoms with Crippen molar-refractivity contribution in [1.29, 1.82) is 0 Å². The van der Waals surface area contributed by atoms with Crippen LogP contribution in [0.5, 0.6) is 5.75 Å². The first-order valence-electron chi connectivity index (χ1n) is 8.37. The highest BCUT2D eigenvalue weighted by Gasteiger charge is 2.21. The highest BCUT2D eigenvalue weighted by molar-refractivity contribution is 5.91. The van der Waals surface area contributed by atoms with Gasteiger partial charge >= 0.3 is 0 Å². The molecule has 5 heteroatoms. The van der Waals surface area contributed by atoms with E-state index in [1.54, 1.807) is 17.0 Å². The third-order valence-corrected chi connectivity index (χ3v) is 4.29. The number of hydrogen-bond donors (Lipinski definition) is 0. The minimum Gasteiger partial charge on any atom is -0.485 e. The number of ether oxygens (including phenoxy) is 2. The van der Waals surface area contributed by atoms with Gasteiger partial charge in [-0.2, -0.15) is 0 Å². The molecule has 5 nitrogen and oxygen atoms in total. The molecule has 0 bridgehead atoms. The average molecular weight is 337 g/mol. The predicted molar refractivity (Wildman–Crippen MR) is 93.7 cm³/mol. The highest BCUT2D eigenvalue weighted by atomic mass is 16.5. The molecule has 1 amide bonds. The number of fused-ring (bicyclic) bond motifs is 1. The van der Waals surface area contributed by atoms with Crippen molar-refractivity contribution < 1.29 is 18.7 Å². The zero-order chi connectivity index (χ0) is 17.1. The Hall–Kier alpha value is -2.79. The van der Waals surface area contributed by atoms with Gasteiger partial charge in [0.2, 0.25) is 0 Å². The van der Waals surface area contributed by atoms with Gasteiger partial charge in [0.05, 0.1) is 13.2 Å². The fourth-order valence-electron chi connectivity index (χ4n) is 2.96. The Kier molecular flexibility index (Phi) is 4.39. The zero-order valence-corrected chi connectivity index (χ0v) is 13.8. The summed E-state index contributed by atoms with van der Waals surface area (Å²) in [6.07, 6.45) is 0. The van der Waals surface area contributed by atoms with Crippen molar-refractivity contribution in [3.05, 3.63) is 66.1 Å². The van der Waals surface area contributed by atoms with Gasteiger partial charge in [0.25, 0.3) is 5.91 Å². The molecule has 1 fully saturated rings. The SMILES string of the molecule is O=C(c1ccc(COc2cccc3ccccc23)o1)N1CCOCC1. The molecule has 1 aliphatic rings. The Morgan fingerprint density at radius 2 is 1.80 bits per heavy atom. The number of furan rings is 1. The van der Waals surface area contributed by atoms with Gasteiger partial charge in [0.15, 0.2) is 5.76 Å². The lowest BCUT2D eigenvalue weighted by molar-refractivity contribution is 0.0281. The second kappa shape index (κ2) is 6.99. The van der Waals surface area contributed by atoms with Crippen molar-refractivity contribution in [1.82, 2.24) is 4.90 Å². The summed E-state index contributed by atoms with van der Waals surface area (Å²) < 4.78 is 16.8. The van der Waals surface area contributed by atoms with Gasteiger partial charge in [0, 0.05) is 18.5 Å². The molecule has 4 rings (SSSR count). The van der Waals surface area contributed by atoms with E-state index in [9.17, 15) is 4.79 Å². The second-order valence-electron chi connectivity index (χ2n) is 5.94. The number of carbonyl (C=O) groups is 1. The molecule has 25 heavy (non-hydrogen) atoms. The van der Waals surface area contributed by atoms with Gasteiger partial charge in [-0.1, -0.05) is 36.4 Å². The van der Waals surface area contributed by atoms with Gasteiger partial charge in [-0.25, -0.2) is 0 Å². The standard InChI is InChI=1S/C20H19NO4/c22-20(21-10-12-23-13-11-21)19-9-8-16(25-19)14-24-18-7-3-5-15-4-1-2-6-17(15)18/h1-9H,10-14H2. The van der Waals surface area contributed by atoms with Crippen LogP contribution in [0, 0.1) is 0 Å². The van der Waals surface area contributed by atoms with Crippen molar-refractivity contribution in [2.75, 3.05) is 26.3 Å². The molecule has 2 heterocycles. The number of amides is 1. The van der Waals surface area contributed by atoms with Crippen LogP contribution in [-0.4, -0.2) is 37.1 Å². The monoisotopic (exact) mass is 337 g/mol. The molecule has 1 aliphatic heterocycles. The van der Waals surface area contributed by atoms with Gasteiger partial charge in [0.1, 0.15) is 18.1 Å². The molecule has 0 unspecified atom stereocenters. The van der Waals surface area contributed by atoms with Crippen LogP contribution in [0.1, 0.15) is 16.3 Å². The van der Waals surface area contributed by atoms with Crippen LogP contribution in [0.25, 0.3) is 10.8 Å². The van der Waals surface area contributed by atoms with Gasteiger partial charge < -0.3 is 18.8 Å². The fourth-order valence-corrected chi connectivity index (χ4v) is 2.96. The Balaban J connectivity index is 1.45. The lowest BCUT2D eigenvalue weighted by Gasteiger charge is -2.25. The average Bonchev–Trinajstić information content (AvgIpc) is 3.15. The van der Waals surface area contributed by atoms with Crippen molar-refractivity contribution in [3.8, 4) is 5.75 Å². The van der Waals surface area contributed by atoms with Crippen LogP contribution in [0.15, 0.2) is 59.0 Å². The normalized spacial score (nSPS) is 14.6. The second-order valence-corrected chi connectivity index (χ2v) is 5.94. The maximum atomic E-state index is 12.4. The quantitative estimate of drug-likeness (QED) is 0.731. The molecule has 0 aliphatic carbocycles. The first-order valence-corrected chi connectivity index (χ1v) is 8.37. The summed E-state index contributed by atoms with van der Waals surface area (Å²) in [5.41, 5.74) is 0. The van der Waals surface area contributed by atoms with Crippen molar-refractivity contribution in [2.24, 2.45) is 0 Å². The largest absolute Gasteiger partial charge is 0.485 e. The summed E-state index contributed by atoms with van der Waals surface area (Å²) in [4.78, 5) is 14.1. The Labute approximate surface area is 145 Å². The van der Waals surface area contributed by atoms with Gasteiger partial charge in [-0.3, -0.25) is 4.79 Å². The van der Waals surface area contributed by atoms with Crippen LogP contribution in [0.4, 0.5) is 0 Å². The summed E-state index contributed by atoms with van der Waals surface area (Å²) in [5, 5.41) is 2.18. The van der Waals surface area contributed by atoms with Crippen LogP contribution >= 0.6 is 0 Å². The maximum Gasteiger partial charge on any atom is 0.289 e. The van der Waals surface area contributed by atoms with E-state index in [1.165, 1.54) is 0 Å². The van der Waals surface area contributed by atoms with Crippen molar-refractivity contribution in [2.45, 2.75) is 6.61 Å². The van der Waals surface area contributed by atoms with Crippen LogP contribution in [-0.2, 0) is 11.3 Å². The molecule has 3 aromatic rings. The summed E-state index contributed by atoms with van der Waals surface area (Å²) in [6, 6.07) is 17.5. The molecule has 0 saturated carbocycles. The number of hydrogen-bond acceptors (Lipinski definition) is 4. The highest BCUT2D eigenvalue weighted by Crippen LogP contribution is 2.26.